The van der Waals surface area contributed by atoms with Gasteiger partial charge in [-0.2, -0.15) is 5.10 Å². The van der Waals surface area contributed by atoms with Crippen LogP contribution in [0, 0.1) is 0 Å². The predicted octanol–water partition coefficient (Wildman–Crippen LogP) is 0.848. The normalized spacial score (nSPS) is 12.2. The zero-order valence-electron chi connectivity index (χ0n) is 7.51. The molecule has 0 bridgehead atoms. The van der Waals surface area contributed by atoms with Crippen molar-refractivity contribution in [3.63, 3.8) is 0 Å². The first-order valence-electron chi connectivity index (χ1n) is 3.80. The molecule has 0 aromatic heterocycles. The smallest absolute Gasteiger partial charge is 0.133 e. The molecule has 0 aliphatic heterocycles. The van der Waals surface area contributed by atoms with Crippen LogP contribution in [0.25, 0.3) is 0 Å². The predicted molar refractivity (Wildman–Crippen MR) is 51.3 cm³/mol. The van der Waals surface area contributed by atoms with Crippen LogP contribution in [0.3, 0.4) is 0 Å². The van der Waals surface area contributed by atoms with Crippen molar-refractivity contribution in [2.75, 3.05) is 13.4 Å². The minimum absolute atomic E-state index is 0.114. The molecule has 0 aliphatic rings. The molecule has 1 N–H and O–H groups in total. The molecule has 0 aromatic rings. The summed E-state index contributed by atoms with van der Waals surface area (Å²) in [4.78, 5) is 3.99. The Labute approximate surface area is 72.9 Å². The van der Waals surface area contributed by atoms with Gasteiger partial charge in [0.15, 0.2) is 0 Å². The minimum atomic E-state index is -0.114. The molecule has 0 atom stereocenters. The Bertz CT molecular complexity index is 175. The summed E-state index contributed by atoms with van der Waals surface area (Å²) >= 11 is 0. The maximum Gasteiger partial charge on any atom is 0.133 e. The summed E-state index contributed by atoms with van der Waals surface area (Å²) in [6.07, 6.45) is 7.00. The first kappa shape index (κ1) is 10.8. The molecule has 0 rings (SSSR count). The highest BCUT2D eigenvalue weighted by Gasteiger charge is 1.91. The maximum absolute atomic E-state index is 8.73. The molecule has 0 radical (unpaired) electrons. The van der Waals surface area contributed by atoms with E-state index in [0.29, 0.717) is 6.67 Å². The highest BCUT2D eigenvalue weighted by molar-refractivity contribution is 5.70. The lowest BCUT2D eigenvalue weighted by molar-refractivity contribution is 0.115. The lowest BCUT2D eigenvalue weighted by atomic mass is 10.6. The molecule has 0 aromatic carbocycles. The molecular formula is C8H15N3O. The number of aliphatic hydroxyl groups is 1. The Kier molecular flexibility index (Phi) is 7.17. The van der Waals surface area contributed by atoms with Crippen molar-refractivity contribution in [2.24, 2.45) is 10.1 Å². The van der Waals surface area contributed by atoms with Gasteiger partial charge in [-0.1, -0.05) is 6.08 Å². The van der Waals surface area contributed by atoms with Crippen molar-refractivity contribution in [3.05, 3.63) is 12.2 Å². The summed E-state index contributed by atoms with van der Waals surface area (Å²) in [6.45, 7) is 3.97. The van der Waals surface area contributed by atoms with E-state index in [4.69, 9.17) is 5.11 Å². The van der Waals surface area contributed by atoms with Crippen LogP contribution in [0.4, 0.5) is 0 Å². The third kappa shape index (κ3) is 5.61. The van der Waals surface area contributed by atoms with Crippen molar-refractivity contribution in [3.8, 4) is 0 Å². The van der Waals surface area contributed by atoms with E-state index in [-0.39, 0.29) is 6.73 Å². The quantitative estimate of drug-likeness (QED) is 0.377. The van der Waals surface area contributed by atoms with Crippen LogP contribution in [0.5, 0.6) is 0 Å². The lowest BCUT2D eigenvalue weighted by Gasteiger charge is -2.11. The Morgan fingerprint density at radius 3 is 2.67 bits per heavy atom. The number of allylic oxidation sites excluding steroid dienone is 2. The molecule has 0 spiro atoms. The number of hydrogen-bond acceptors (Lipinski definition) is 4. The van der Waals surface area contributed by atoms with Crippen LogP contribution >= 0.6 is 0 Å². The van der Waals surface area contributed by atoms with E-state index in [1.807, 2.05) is 19.1 Å². The van der Waals surface area contributed by atoms with E-state index in [2.05, 4.69) is 10.1 Å². The standard InChI is InChI=1S/C8H15N3O/c1-3-5-6-9-7-11(8-12)10-4-2/h3-6,12H,7-8H2,1-2H3/b5-3-,9-6-,10-4+. The topological polar surface area (TPSA) is 48.2 Å². The van der Waals surface area contributed by atoms with Gasteiger partial charge >= 0.3 is 0 Å². The van der Waals surface area contributed by atoms with Gasteiger partial charge in [-0.15, -0.1) is 0 Å². The zero-order chi connectivity index (χ0) is 9.23. The van der Waals surface area contributed by atoms with E-state index >= 15 is 0 Å². The van der Waals surface area contributed by atoms with Gasteiger partial charge in [-0.05, 0) is 19.9 Å². The highest BCUT2D eigenvalue weighted by atomic mass is 16.3. The van der Waals surface area contributed by atoms with Crippen LogP contribution in [0.1, 0.15) is 13.8 Å². The average Bonchev–Trinajstić information content (AvgIpc) is 2.10. The fourth-order valence-electron chi connectivity index (χ4n) is 0.569. The summed E-state index contributed by atoms with van der Waals surface area (Å²) in [7, 11) is 0. The molecule has 0 amide bonds. The van der Waals surface area contributed by atoms with Gasteiger partial charge in [0.2, 0.25) is 0 Å². The number of aliphatic imine (C=N–C) groups is 1. The minimum Gasteiger partial charge on any atom is -0.375 e. The first-order valence-corrected chi connectivity index (χ1v) is 3.80. The second kappa shape index (κ2) is 7.94. The molecule has 0 fully saturated rings. The highest BCUT2D eigenvalue weighted by Crippen LogP contribution is 1.85. The first-order chi connectivity index (χ1) is 5.85. The molecule has 12 heavy (non-hydrogen) atoms. The van der Waals surface area contributed by atoms with Crippen molar-refractivity contribution in [1.29, 1.82) is 0 Å². The molecular weight excluding hydrogens is 154 g/mol. The Morgan fingerprint density at radius 2 is 2.17 bits per heavy atom. The van der Waals surface area contributed by atoms with Crippen LogP contribution in [-0.4, -0.2) is 35.9 Å². The summed E-state index contributed by atoms with van der Waals surface area (Å²) < 4.78 is 0. The van der Waals surface area contributed by atoms with Crippen molar-refractivity contribution in [1.82, 2.24) is 5.01 Å². The molecule has 0 heterocycles. The Balaban J connectivity index is 3.71. The van der Waals surface area contributed by atoms with Gasteiger partial charge in [0.05, 0.1) is 0 Å². The van der Waals surface area contributed by atoms with Gasteiger partial charge in [0.25, 0.3) is 0 Å². The molecule has 68 valence electrons. The van der Waals surface area contributed by atoms with Crippen LogP contribution < -0.4 is 0 Å². The molecule has 4 nitrogen and oxygen atoms in total. The number of aliphatic hydroxyl groups excluding tert-OH is 1. The van der Waals surface area contributed by atoms with Gasteiger partial charge in [0.1, 0.15) is 13.4 Å². The van der Waals surface area contributed by atoms with Crippen molar-refractivity contribution >= 4 is 12.4 Å². The van der Waals surface area contributed by atoms with Crippen LogP contribution in [0.2, 0.25) is 0 Å². The maximum atomic E-state index is 8.73. The van der Waals surface area contributed by atoms with Crippen molar-refractivity contribution in [2.45, 2.75) is 13.8 Å². The van der Waals surface area contributed by atoms with Crippen LogP contribution in [-0.2, 0) is 0 Å². The van der Waals surface area contributed by atoms with E-state index in [9.17, 15) is 0 Å². The Hall–Kier alpha value is -1.16. The third-order valence-electron chi connectivity index (χ3n) is 1.07. The van der Waals surface area contributed by atoms with E-state index in [1.165, 1.54) is 5.01 Å². The SMILES string of the molecule is C/C=C\C=N/CN(CO)/N=C/C. The van der Waals surface area contributed by atoms with Gasteiger partial charge in [0, 0.05) is 12.4 Å². The van der Waals surface area contributed by atoms with Gasteiger partial charge in [-0.3, -0.25) is 10.0 Å². The fourth-order valence-corrected chi connectivity index (χ4v) is 0.569. The lowest BCUT2D eigenvalue weighted by Crippen LogP contribution is -2.18. The second-order valence-electron chi connectivity index (χ2n) is 2.02. The summed E-state index contributed by atoms with van der Waals surface area (Å²) in [5, 5.41) is 14.0. The van der Waals surface area contributed by atoms with Gasteiger partial charge < -0.3 is 5.11 Å². The fraction of sp³-hybridized carbons (Fsp3) is 0.500. The second-order valence-corrected chi connectivity index (χ2v) is 2.02. The molecule has 0 aliphatic carbocycles. The summed E-state index contributed by atoms with van der Waals surface area (Å²) in [6, 6.07) is 0. The number of hydrogen-bond donors (Lipinski definition) is 1. The summed E-state index contributed by atoms with van der Waals surface area (Å²) in [5.41, 5.74) is 0. The summed E-state index contributed by atoms with van der Waals surface area (Å²) in [5.74, 6) is 0. The average molecular weight is 169 g/mol. The monoisotopic (exact) mass is 169 g/mol. The zero-order valence-corrected chi connectivity index (χ0v) is 7.51. The molecule has 4 heteroatoms. The van der Waals surface area contributed by atoms with Crippen molar-refractivity contribution < 1.29 is 5.11 Å². The van der Waals surface area contributed by atoms with Gasteiger partial charge in [-0.25, -0.2) is 0 Å². The third-order valence-corrected chi connectivity index (χ3v) is 1.07. The molecule has 0 saturated carbocycles. The van der Waals surface area contributed by atoms with E-state index in [1.54, 1.807) is 19.4 Å². The van der Waals surface area contributed by atoms with E-state index in [0.717, 1.165) is 0 Å². The Morgan fingerprint density at radius 1 is 1.42 bits per heavy atom. The number of hydrazone groups is 1. The van der Waals surface area contributed by atoms with Crippen LogP contribution in [0.15, 0.2) is 22.2 Å². The molecule has 0 saturated heterocycles. The van der Waals surface area contributed by atoms with E-state index < -0.39 is 0 Å². The number of nitrogens with zero attached hydrogens (tertiary/aromatic N) is 3. The molecule has 0 unspecified atom stereocenters. The number of rotatable bonds is 5. The largest absolute Gasteiger partial charge is 0.375 e.